The minimum atomic E-state index is -0.330. The minimum Gasteiger partial charge on any atom is -0.453 e. The third-order valence-corrected chi connectivity index (χ3v) is 4.50. The molecule has 0 saturated carbocycles. The van der Waals surface area contributed by atoms with Crippen molar-refractivity contribution in [2.24, 2.45) is 5.92 Å². The predicted octanol–water partition coefficient (Wildman–Crippen LogP) is 4.53. The second-order valence-electron chi connectivity index (χ2n) is 5.28. The monoisotopic (exact) mass is 371 g/mol. The molecular weight excluding hydrogens is 357 g/mol. The third-order valence-electron chi connectivity index (χ3n) is 3.76. The van der Waals surface area contributed by atoms with Gasteiger partial charge in [0.2, 0.25) is 0 Å². The van der Waals surface area contributed by atoms with Gasteiger partial charge in [-0.25, -0.2) is 4.79 Å². The molecule has 1 saturated heterocycles. The Bertz CT molecular complexity index is 675. The van der Waals surface area contributed by atoms with E-state index < -0.39 is 0 Å². The summed E-state index contributed by atoms with van der Waals surface area (Å²) < 4.78 is 5.74. The Morgan fingerprint density at radius 3 is 2.35 bits per heavy atom. The standard InChI is InChI=1S/C17H15Cl2NO2.ClH/c18-14-7-6-12(8-15(14)19)16(13-9-20-10-13)22-17(21)11-4-2-1-3-5-11;/h1-8,13,16,20H,9-10H2;1H/t16-;/m0./s1. The molecule has 1 aliphatic rings. The van der Waals surface area contributed by atoms with Gasteiger partial charge < -0.3 is 10.1 Å². The van der Waals surface area contributed by atoms with E-state index in [0.29, 0.717) is 15.6 Å². The molecule has 23 heavy (non-hydrogen) atoms. The Morgan fingerprint density at radius 2 is 1.78 bits per heavy atom. The van der Waals surface area contributed by atoms with Gasteiger partial charge in [0.25, 0.3) is 0 Å². The zero-order chi connectivity index (χ0) is 15.5. The number of halogens is 3. The highest BCUT2D eigenvalue weighted by Gasteiger charge is 2.32. The summed E-state index contributed by atoms with van der Waals surface area (Å²) in [5, 5.41) is 4.16. The Morgan fingerprint density at radius 1 is 1.09 bits per heavy atom. The summed E-state index contributed by atoms with van der Waals surface area (Å²) >= 11 is 12.1. The minimum absolute atomic E-state index is 0. The van der Waals surface area contributed by atoms with Crippen molar-refractivity contribution in [2.45, 2.75) is 6.10 Å². The van der Waals surface area contributed by atoms with Crippen LogP contribution in [-0.2, 0) is 4.74 Å². The van der Waals surface area contributed by atoms with E-state index in [2.05, 4.69) is 5.32 Å². The molecule has 1 atom stereocenters. The molecule has 2 aromatic carbocycles. The van der Waals surface area contributed by atoms with Crippen molar-refractivity contribution in [1.29, 1.82) is 0 Å². The van der Waals surface area contributed by atoms with E-state index in [1.54, 1.807) is 24.3 Å². The first kappa shape index (κ1) is 18.1. The lowest BCUT2D eigenvalue weighted by atomic mass is 9.91. The Labute approximate surface area is 151 Å². The van der Waals surface area contributed by atoms with E-state index in [9.17, 15) is 4.79 Å². The molecule has 0 amide bonds. The highest BCUT2D eigenvalue weighted by Crippen LogP contribution is 2.33. The van der Waals surface area contributed by atoms with Gasteiger partial charge in [-0.2, -0.15) is 0 Å². The lowest BCUT2D eigenvalue weighted by molar-refractivity contribution is 0.00393. The van der Waals surface area contributed by atoms with Crippen molar-refractivity contribution >= 4 is 41.6 Å². The van der Waals surface area contributed by atoms with E-state index in [4.69, 9.17) is 27.9 Å². The van der Waals surface area contributed by atoms with Crippen LogP contribution < -0.4 is 5.32 Å². The molecule has 0 bridgehead atoms. The van der Waals surface area contributed by atoms with Crippen molar-refractivity contribution in [2.75, 3.05) is 13.1 Å². The van der Waals surface area contributed by atoms with E-state index in [1.807, 2.05) is 24.3 Å². The Balaban J connectivity index is 0.00000192. The van der Waals surface area contributed by atoms with Crippen LogP contribution in [0.3, 0.4) is 0 Å². The Hall–Kier alpha value is -1.26. The maximum atomic E-state index is 12.3. The number of carbonyl (C=O) groups excluding carboxylic acids is 1. The zero-order valence-corrected chi connectivity index (χ0v) is 14.5. The first-order valence-corrected chi connectivity index (χ1v) is 7.82. The second-order valence-corrected chi connectivity index (χ2v) is 6.10. The Kier molecular flexibility index (Phi) is 6.31. The topological polar surface area (TPSA) is 38.3 Å². The highest BCUT2D eigenvalue weighted by atomic mass is 35.5. The van der Waals surface area contributed by atoms with Crippen LogP contribution in [0.2, 0.25) is 10.0 Å². The maximum Gasteiger partial charge on any atom is 0.338 e. The molecule has 0 aromatic heterocycles. The number of ether oxygens (including phenoxy) is 1. The summed E-state index contributed by atoms with van der Waals surface area (Å²) in [6, 6.07) is 14.3. The molecule has 3 rings (SSSR count). The molecule has 0 radical (unpaired) electrons. The van der Waals surface area contributed by atoms with Crippen molar-refractivity contribution in [3.8, 4) is 0 Å². The smallest absolute Gasteiger partial charge is 0.338 e. The van der Waals surface area contributed by atoms with Crippen LogP contribution >= 0.6 is 35.6 Å². The summed E-state index contributed by atoms with van der Waals surface area (Å²) in [4.78, 5) is 12.3. The van der Waals surface area contributed by atoms with Crippen LogP contribution in [0, 0.1) is 5.92 Å². The first-order valence-electron chi connectivity index (χ1n) is 7.07. The summed E-state index contributed by atoms with van der Waals surface area (Å²) in [5.74, 6) is -0.0894. The van der Waals surface area contributed by atoms with E-state index in [1.165, 1.54) is 0 Å². The van der Waals surface area contributed by atoms with Gasteiger partial charge in [0.15, 0.2) is 0 Å². The van der Waals surface area contributed by atoms with Crippen LogP contribution in [-0.4, -0.2) is 19.1 Å². The van der Waals surface area contributed by atoms with Crippen LogP contribution in [0.25, 0.3) is 0 Å². The molecule has 0 unspecified atom stereocenters. The number of nitrogens with one attached hydrogen (secondary N) is 1. The number of esters is 1. The lowest BCUT2D eigenvalue weighted by Gasteiger charge is -2.34. The average Bonchev–Trinajstić information content (AvgIpc) is 2.48. The van der Waals surface area contributed by atoms with Gasteiger partial charge in [0.05, 0.1) is 15.6 Å². The molecule has 1 aliphatic heterocycles. The fourth-order valence-corrected chi connectivity index (χ4v) is 2.71. The van der Waals surface area contributed by atoms with E-state index in [0.717, 1.165) is 18.7 Å². The predicted molar refractivity (Wildman–Crippen MR) is 94.7 cm³/mol. The van der Waals surface area contributed by atoms with E-state index >= 15 is 0 Å². The number of rotatable bonds is 4. The quantitative estimate of drug-likeness (QED) is 0.801. The maximum absolute atomic E-state index is 12.3. The molecule has 122 valence electrons. The van der Waals surface area contributed by atoms with E-state index in [-0.39, 0.29) is 30.4 Å². The number of hydrogen-bond acceptors (Lipinski definition) is 3. The molecule has 1 N–H and O–H groups in total. The van der Waals surface area contributed by atoms with Crippen LogP contribution in [0.4, 0.5) is 0 Å². The van der Waals surface area contributed by atoms with Crippen molar-refractivity contribution < 1.29 is 9.53 Å². The van der Waals surface area contributed by atoms with Crippen LogP contribution in [0.5, 0.6) is 0 Å². The molecule has 2 aromatic rings. The number of carbonyl (C=O) groups is 1. The van der Waals surface area contributed by atoms with Crippen molar-refractivity contribution in [3.63, 3.8) is 0 Å². The first-order chi connectivity index (χ1) is 10.6. The lowest BCUT2D eigenvalue weighted by Crippen LogP contribution is -2.46. The van der Waals surface area contributed by atoms with Gasteiger partial charge in [-0.05, 0) is 29.8 Å². The average molecular weight is 373 g/mol. The van der Waals surface area contributed by atoms with Gasteiger partial charge in [-0.3, -0.25) is 0 Å². The number of benzene rings is 2. The summed E-state index contributed by atoms with van der Waals surface area (Å²) in [6.07, 6.45) is -0.330. The molecule has 0 aliphatic carbocycles. The fourth-order valence-electron chi connectivity index (χ4n) is 2.41. The van der Waals surface area contributed by atoms with Gasteiger partial charge in [0.1, 0.15) is 6.10 Å². The van der Waals surface area contributed by atoms with Crippen molar-refractivity contribution in [1.82, 2.24) is 5.32 Å². The third kappa shape index (κ3) is 4.18. The number of hydrogen-bond donors (Lipinski definition) is 1. The zero-order valence-electron chi connectivity index (χ0n) is 12.2. The van der Waals surface area contributed by atoms with Crippen LogP contribution in [0.15, 0.2) is 48.5 Å². The van der Waals surface area contributed by atoms with Gasteiger partial charge >= 0.3 is 5.97 Å². The summed E-state index contributed by atoms with van der Waals surface area (Å²) in [5.41, 5.74) is 1.41. The molecule has 1 fully saturated rings. The van der Waals surface area contributed by atoms with Gasteiger partial charge in [0, 0.05) is 19.0 Å². The van der Waals surface area contributed by atoms with Crippen molar-refractivity contribution in [3.05, 3.63) is 69.7 Å². The molecule has 6 heteroatoms. The fraction of sp³-hybridized carbons (Fsp3) is 0.235. The largest absolute Gasteiger partial charge is 0.453 e. The normalized spacial score (nSPS) is 15.2. The molecule has 3 nitrogen and oxygen atoms in total. The molecule has 0 spiro atoms. The van der Waals surface area contributed by atoms with Gasteiger partial charge in [-0.15, -0.1) is 12.4 Å². The van der Waals surface area contributed by atoms with Crippen LogP contribution in [0.1, 0.15) is 22.0 Å². The SMILES string of the molecule is Cl.O=C(O[C@@H](c1ccc(Cl)c(Cl)c1)C1CNC1)c1ccccc1. The van der Waals surface area contributed by atoms with Gasteiger partial charge in [-0.1, -0.05) is 47.5 Å². The molecule has 1 heterocycles. The summed E-state index contributed by atoms with van der Waals surface area (Å²) in [6.45, 7) is 1.62. The highest BCUT2D eigenvalue weighted by molar-refractivity contribution is 6.42. The summed E-state index contributed by atoms with van der Waals surface area (Å²) in [7, 11) is 0. The second kappa shape index (κ2) is 8.02. The molecular formula is C17H16Cl3NO2.